The molecule has 0 bridgehead atoms. The molecule has 0 aliphatic heterocycles. The van der Waals surface area contributed by atoms with Gasteiger partial charge in [-0.15, -0.1) is 0 Å². The number of rotatable bonds is 6. The van der Waals surface area contributed by atoms with E-state index in [-0.39, 0.29) is 18.1 Å². The minimum Gasteiger partial charge on any atom is -0.396 e. The smallest absolute Gasteiger partial charge is 0.268 e. The molecular weight excluding hydrogens is 218 g/mol. The number of aromatic nitrogens is 2. The minimum atomic E-state index is -0.120. The number of aliphatic hydroxyl groups excluding tert-OH is 1. The van der Waals surface area contributed by atoms with Crippen LogP contribution in [0.2, 0.25) is 0 Å². The molecule has 1 aromatic heterocycles. The lowest BCUT2D eigenvalue weighted by molar-refractivity contribution is 0.217. The molecule has 5 nitrogen and oxygen atoms in total. The number of nitrogens with zero attached hydrogens (tertiary/aromatic N) is 3. The average Bonchev–Trinajstić information content (AvgIpc) is 2.31. The van der Waals surface area contributed by atoms with Crippen LogP contribution in [0.15, 0.2) is 17.1 Å². The van der Waals surface area contributed by atoms with Crippen LogP contribution < -0.4 is 10.5 Å². The van der Waals surface area contributed by atoms with E-state index in [4.69, 9.17) is 5.11 Å². The minimum absolute atomic E-state index is 0.0411. The Kier molecular flexibility index (Phi) is 5.15. The summed E-state index contributed by atoms with van der Waals surface area (Å²) >= 11 is 0. The molecule has 96 valence electrons. The van der Waals surface area contributed by atoms with Crippen molar-refractivity contribution in [2.24, 2.45) is 5.92 Å². The highest BCUT2D eigenvalue weighted by molar-refractivity contribution is 5.41. The summed E-state index contributed by atoms with van der Waals surface area (Å²) in [7, 11) is 1.95. The van der Waals surface area contributed by atoms with Crippen LogP contribution in [0, 0.1) is 5.92 Å². The van der Waals surface area contributed by atoms with Crippen LogP contribution in [0.4, 0.5) is 5.69 Å². The molecule has 0 spiro atoms. The lowest BCUT2D eigenvalue weighted by Gasteiger charge is -2.18. The van der Waals surface area contributed by atoms with Gasteiger partial charge in [-0.1, -0.05) is 13.8 Å². The van der Waals surface area contributed by atoms with E-state index in [0.717, 1.165) is 18.7 Å². The standard InChI is InChI=1S/C12H21N3O2/c1-4-5-14(3)11-6-12(17)15(13-7-11)8-10(2)9-16/h6-7,10,16H,4-5,8-9H2,1-3H3. The molecule has 1 atom stereocenters. The van der Waals surface area contributed by atoms with E-state index in [1.54, 1.807) is 12.3 Å². The van der Waals surface area contributed by atoms with Crippen LogP contribution in [0.25, 0.3) is 0 Å². The van der Waals surface area contributed by atoms with Gasteiger partial charge in [-0.3, -0.25) is 4.79 Å². The van der Waals surface area contributed by atoms with Gasteiger partial charge < -0.3 is 10.0 Å². The Morgan fingerprint density at radius 3 is 2.82 bits per heavy atom. The first-order valence-corrected chi connectivity index (χ1v) is 5.97. The van der Waals surface area contributed by atoms with Gasteiger partial charge >= 0.3 is 0 Å². The summed E-state index contributed by atoms with van der Waals surface area (Å²) in [6.45, 7) is 5.39. The summed E-state index contributed by atoms with van der Waals surface area (Å²) in [5.41, 5.74) is 0.718. The summed E-state index contributed by atoms with van der Waals surface area (Å²) < 4.78 is 1.39. The van der Waals surface area contributed by atoms with Crippen LogP contribution in [0.5, 0.6) is 0 Å². The molecule has 0 radical (unpaired) electrons. The van der Waals surface area contributed by atoms with Gasteiger partial charge in [-0.25, -0.2) is 4.68 Å². The second-order valence-electron chi connectivity index (χ2n) is 4.44. The fourth-order valence-corrected chi connectivity index (χ4v) is 1.59. The first kappa shape index (κ1) is 13.7. The van der Waals surface area contributed by atoms with E-state index in [1.807, 2.05) is 18.9 Å². The Labute approximate surface area is 102 Å². The average molecular weight is 239 g/mol. The molecule has 0 aromatic carbocycles. The summed E-state index contributed by atoms with van der Waals surface area (Å²) in [5.74, 6) is 0.0411. The van der Waals surface area contributed by atoms with Gasteiger partial charge in [0.1, 0.15) is 0 Å². The van der Waals surface area contributed by atoms with Crippen molar-refractivity contribution in [1.29, 1.82) is 0 Å². The van der Waals surface area contributed by atoms with Crippen LogP contribution >= 0.6 is 0 Å². The predicted octanol–water partition coefficient (Wildman–Crippen LogP) is 0.718. The highest BCUT2D eigenvalue weighted by Gasteiger charge is 2.07. The predicted molar refractivity (Wildman–Crippen MR) is 68.3 cm³/mol. The third-order valence-corrected chi connectivity index (χ3v) is 2.65. The van der Waals surface area contributed by atoms with Crippen molar-refractivity contribution < 1.29 is 5.11 Å². The van der Waals surface area contributed by atoms with Crippen LogP contribution in [0.1, 0.15) is 20.3 Å². The van der Waals surface area contributed by atoms with Gasteiger partial charge in [-0.2, -0.15) is 5.10 Å². The third-order valence-electron chi connectivity index (χ3n) is 2.65. The van der Waals surface area contributed by atoms with E-state index in [1.165, 1.54) is 4.68 Å². The van der Waals surface area contributed by atoms with Gasteiger partial charge in [0.15, 0.2) is 0 Å². The second-order valence-corrected chi connectivity index (χ2v) is 4.44. The van der Waals surface area contributed by atoms with E-state index in [9.17, 15) is 4.79 Å². The Balaban J connectivity index is 2.82. The third kappa shape index (κ3) is 3.85. The Bertz CT molecular complexity index is 403. The molecule has 0 fully saturated rings. The van der Waals surface area contributed by atoms with Crippen LogP contribution in [-0.2, 0) is 6.54 Å². The monoisotopic (exact) mass is 239 g/mol. The van der Waals surface area contributed by atoms with Gasteiger partial charge in [0.25, 0.3) is 5.56 Å². The molecule has 1 N–H and O–H groups in total. The van der Waals surface area contributed by atoms with Crippen molar-refractivity contribution in [2.75, 3.05) is 25.1 Å². The molecule has 1 aromatic rings. The van der Waals surface area contributed by atoms with Crippen molar-refractivity contribution in [3.63, 3.8) is 0 Å². The van der Waals surface area contributed by atoms with Gasteiger partial charge in [0, 0.05) is 32.8 Å². The zero-order valence-corrected chi connectivity index (χ0v) is 10.8. The SMILES string of the molecule is CCCN(C)c1cnn(CC(C)CO)c(=O)c1. The Morgan fingerprint density at radius 2 is 2.29 bits per heavy atom. The first-order valence-electron chi connectivity index (χ1n) is 5.97. The fraction of sp³-hybridized carbons (Fsp3) is 0.667. The second kappa shape index (κ2) is 6.39. The highest BCUT2D eigenvalue weighted by Crippen LogP contribution is 2.07. The number of hydrogen-bond donors (Lipinski definition) is 1. The molecular formula is C12H21N3O2. The van der Waals surface area contributed by atoms with E-state index >= 15 is 0 Å². The van der Waals surface area contributed by atoms with Crippen molar-refractivity contribution in [3.8, 4) is 0 Å². The summed E-state index contributed by atoms with van der Waals surface area (Å²) in [6, 6.07) is 1.59. The molecule has 1 heterocycles. The Morgan fingerprint density at radius 1 is 1.59 bits per heavy atom. The maximum absolute atomic E-state index is 11.8. The fourth-order valence-electron chi connectivity index (χ4n) is 1.59. The normalized spacial score (nSPS) is 12.5. The Hall–Kier alpha value is -1.36. The zero-order valence-electron chi connectivity index (χ0n) is 10.8. The van der Waals surface area contributed by atoms with Gasteiger partial charge in [-0.05, 0) is 12.3 Å². The lowest BCUT2D eigenvalue weighted by Crippen LogP contribution is -2.28. The molecule has 0 aliphatic rings. The number of aliphatic hydroxyl groups is 1. The van der Waals surface area contributed by atoms with Crippen molar-refractivity contribution in [3.05, 3.63) is 22.6 Å². The largest absolute Gasteiger partial charge is 0.396 e. The van der Waals surface area contributed by atoms with Gasteiger partial charge in [0.2, 0.25) is 0 Å². The summed E-state index contributed by atoms with van der Waals surface area (Å²) in [4.78, 5) is 13.8. The highest BCUT2D eigenvalue weighted by atomic mass is 16.3. The molecule has 1 unspecified atom stereocenters. The molecule has 0 aliphatic carbocycles. The molecule has 0 amide bonds. The van der Waals surface area contributed by atoms with Crippen molar-refractivity contribution >= 4 is 5.69 Å². The van der Waals surface area contributed by atoms with Crippen LogP contribution in [-0.4, -0.2) is 35.1 Å². The number of anilines is 1. The molecule has 0 saturated carbocycles. The zero-order chi connectivity index (χ0) is 12.8. The van der Waals surface area contributed by atoms with Crippen molar-refractivity contribution in [2.45, 2.75) is 26.8 Å². The first-order chi connectivity index (χ1) is 8.08. The quantitative estimate of drug-likeness (QED) is 0.794. The maximum atomic E-state index is 11.8. The molecule has 1 rings (SSSR count). The molecule has 5 heteroatoms. The van der Waals surface area contributed by atoms with E-state index in [2.05, 4.69) is 12.0 Å². The summed E-state index contributed by atoms with van der Waals surface area (Å²) in [5, 5.41) is 13.1. The summed E-state index contributed by atoms with van der Waals surface area (Å²) in [6.07, 6.45) is 2.72. The van der Waals surface area contributed by atoms with Crippen LogP contribution in [0.3, 0.4) is 0 Å². The lowest BCUT2D eigenvalue weighted by atomic mass is 10.2. The van der Waals surface area contributed by atoms with E-state index in [0.29, 0.717) is 6.54 Å². The van der Waals surface area contributed by atoms with Gasteiger partial charge in [0.05, 0.1) is 11.9 Å². The topological polar surface area (TPSA) is 58.4 Å². The molecule has 17 heavy (non-hydrogen) atoms. The van der Waals surface area contributed by atoms with E-state index < -0.39 is 0 Å². The molecule has 0 saturated heterocycles. The van der Waals surface area contributed by atoms with Crippen molar-refractivity contribution in [1.82, 2.24) is 9.78 Å². The maximum Gasteiger partial charge on any atom is 0.268 e. The number of hydrogen-bond acceptors (Lipinski definition) is 4.